The minimum atomic E-state index is -2.58. The lowest BCUT2D eigenvalue weighted by molar-refractivity contribution is 0.142. The van der Waals surface area contributed by atoms with E-state index in [0.29, 0.717) is 10.7 Å². The molecule has 0 aliphatic carbocycles. The van der Waals surface area contributed by atoms with E-state index in [1.807, 2.05) is 20.8 Å². The van der Waals surface area contributed by atoms with Crippen molar-refractivity contribution in [2.24, 2.45) is 7.05 Å². The van der Waals surface area contributed by atoms with Gasteiger partial charge in [0.05, 0.1) is 0 Å². The number of aryl methyl sites for hydroxylation is 1. The standard InChI is InChI=1S/C12H19ClF2N2/c1-5-7-12(3,6-2)8-9(11(14)15)16-17(4)10(8)13/h11H,5-7H2,1-4H3. The van der Waals surface area contributed by atoms with Gasteiger partial charge in [0.25, 0.3) is 6.43 Å². The first-order valence-electron chi connectivity index (χ1n) is 5.88. The molecule has 1 atom stereocenters. The van der Waals surface area contributed by atoms with Crippen LogP contribution in [0.3, 0.4) is 0 Å². The van der Waals surface area contributed by atoms with E-state index in [9.17, 15) is 8.78 Å². The van der Waals surface area contributed by atoms with E-state index >= 15 is 0 Å². The monoisotopic (exact) mass is 264 g/mol. The molecule has 0 aromatic carbocycles. The van der Waals surface area contributed by atoms with E-state index < -0.39 is 6.43 Å². The summed E-state index contributed by atoms with van der Waals surface area (Å²) in [7, 11) is 1.60. The highest BCUT2D eigenvalue weighted by Crippen LogP contribution is 2.41. The summed E-state index contributed by atoms with van der Waals surface area (Å²) in [4.78, 5) is 0. The van der Waals surface area contributed by atoms with Crippen LogP contribution in [0, 0.1) is 0 Å². The molecule has 0 N–H and O–H groups in total. The smallest absolute Gasteiger partial charge is 0.256 e. The summed E-state index contributed by atoms with van der Waals surface area (Å²) in [5.41, 5.74) is 0.0163. The lowest BCUT2D eigenvalue weighted by atomic mass is 9.76. The summed E-state index contributed by atoms with van der Waals surface area (Å²) in [5, 5.41) is 4.17. The first-order chi connectivity index (χ1) is 7.87. The van der Waals surface area contributed by atoms with Gasteiger partial charge in [-0.1, -0.05) is 38.8 Å². The molecule has 0 amide bonds. The number of nitrogens with zero attached hydrogens (tertiary/aromatic N) is 2. The average molecular weight is 265 g/mol. The first-order valence-corrected chi connectivity index (χ1v) is 6.26. The van der Waals surface area contributed by atoms with E-state index in [4.69, 9.17) is 11.6 Å². The van der Waals surface area contributed by atoms with Crippen LogP contribution in [0.1, 0.15) is 57.7 Å². The van der Waals surface area contributed by atoms with Crippen molar-refractivity contribution in [3.63, 3.8) is 0 Å². The van der Waals surface area contributed by atoms with Gasteiger partial charge >= 0.3 is 0 Å². The third kappa shape index (κ3) is 2.62. The summed E-state index contributed by atoms with van der Waals surface area (Å²) < 4.78 is 27.3. The van der Waals surface area contributed by atoms with Crippen molar-refractivity contribution in [2.75, 3.05) is 0 Å². The Kier molecular flexibility index (Phi) is 4.53. The van der Waals surface area contributed by atoms with Gasteiger partial charge in [-0.3, -0.25) is 4.68 Å². The van der Waals surface area contributed by atoms with Crippen molar-refractivity contribution in [1.29, 1.82) is 0 Å². The second kappa shape index (κ2) is 5.34. The minimum absolute atomic E-state index is 0.171. The molecule has 0 saturated carbocycles. The molecule has 0 aliphatic rings. The molecule has 2 nitrogen and oxygen atoms in total. The fourth-order valence-corrected chi connectivity index (χ4v) is 2.63. The van der Waals surface area contributed by atoms with E-state index in [1.54, 1.807) is 7.05 Å². The maximum Gasteiger partial charge on any atom is 0.282 e. The van der Waals surface area contributed by atoms with Crippen LogP contribution in [-0.2, 0) is 12.5 Å². The van der Waals surface area contributed by atoms with Crippen LogP contribution in [-0.4, -0.2) is 9.78 Å². The van der Waals surface area contributed by atoms with Gasteiger partial charge in [0.1, 0.15) is 10.8 Å². The predicted molar refractivity (Wildman–Crippen MR) is 65.7 cm³/mol. The molecule has 1 heterocycles. The Bertz CT molecular complexity index is 390. The summed E-state index contributed by atoms with van der Waals surface area (Å²) in [5.74, 6) is 0. The van der Waals surface area contributed by atoms with Gasteiger partial charge in [0.2, 0.25) is 0 Å². The van der Waals surface area contributed by atoms with E-state index in [1.165, 1.54) is 4.68 Å². The molecule has 1 aromatic heterocycles. The van der Waals surface area contributed by atoms with Gasteiger partial charge in [0.15, 0.2) is 0 Å². The SMILES string of the molecule is CCCC(C)(CC)c1c(C(F)F)nn(C)c1Cl. The topological polar surface area (TPSA) is 17.8 Å². The van der Waals surface area contributed by atoms with Gasteiger partial charge in [-0.15, -0.1) is 0 Å². The van der Waals surface area contributed by atoms with Crippen LogP contribution < -0.4 is 0 Å². The molecular formula is C12H19ClF2N2. The third-order valence-corrected chi connectivity index (χ3v) is 3.83. The highest BCUT2D eigenvalue weighted by atomic mass is 35.5. The Labute approximate surface area is 106 Å². The number of rotatable bonds is 5. The van der Waals surface area contributed by atoms with Crippen molar-refractivity contribution >= 4 is 11.6 Å². The highest BCUT2D eigenvalue weighted by Gasteiger charge is 2.34. The Balaban J connectivity index is 3.36. The van der Waals surface area contributed by atoms with Crippen LogP contribution in [0.4, 0.5) is 8.78 Å². The molecule has 1 rings (SSSR count). The van der Waals surface area contributed by atoms with Crippen LogP contribution in [0.2, 0.25) is 5.15 Å². The van der Waals surface area contributed by atoms with E-state index in [2.05, 4.69) is 5.10 Å². The Morgan fingerprint density at radius 2 is 2.00 bits per heavy atom. The summed E-state index contributed by atoms with van der Waals surface area (Å²) in [6.45, 7) is 6.01. The van der Waals surface area contributed by atoms with Gasteiger partial charge in [-0.05, 0) is 18.3 Å². The number of halogens is 3. The molecule has 0 bridgehead atoms. The zero-order valence-electron chi connectivity index (χ0n) is 10.7. The number of aromatic nitrogens is 2. The Hall–Kier alpha value is -0.640. The van der Waals surface area contributed by atoms with Crippen molar-refractivity contribution in [1.82, 2.24) is 9.78 Å². The minimum Gasteiger partial charge on any atom is -0.256 e. The molecule has 17 heavy (non-hydrogen) atoms. The van der Waals surface area contributed by atoms with Gasteiger partial charge < -0.3 is 0 Å². The molecule has 0 fully saturated rings. The van der Waals surface area contributed by atoms with Crippen molar-refractivity contribution in [3.05, 3.63) is 16.4 Å². The van der Waals surface area contributed by atoms with Gasteiger partial charge in [-0.2, -0.15) is 5.10 Å². The van der Waals surface area contributed by atoms with Crippen molar-refractivity contribution in [3.8, 4) is 0 Å². The second-order valence-corrected chi connectivity index (χ2v) is 5.00. The van der Waals surface area contributed by atoms with Crippen LogP contribution in [0.25, 0.3) is 0 Å². The maximum atomic E-state index is 13.0. The van der Waals surface area contributed by atoms with Gasteiger partial charge in [-0.25, -0.2) is 8.78 Å². The normalized spacial score (nSPS) is 15.3. The lowest BCUT2D eigenvalue weighted by Gasteiger charge is -2.28. The summed E-state index contributed by atoms with van der Waals surface area (Å²) >= 11 is 6.12. The maximum absolute atomic E-state index is 13.0. The predicted octanol–water partition coefficient (Wildman–Crippen LogP) is 4.48. The average Bonchev–Trinajstić information content (AvgIpc) is 2.56. The molecule has 0 radical (unpaired) electrons. The highest BCUT2D eigenvalue weighted by molar-refractivity contribution is 6.30. The van der Waals surface area contributed by atoms with E-state index in [-0.39, 0.29) is 11.1 Å². The quantitative estimate of drug-likeness (QED) is 0.767. The fraction of sp³-hybridized carbons (Fsp3) is 0.750. The molecule has 5 heteroatoms. The Morgan fingerprint density at radius 3 is 2.41 bits per heavy atom. The largest absolute Gasteiger partial charge is 0.282 e. The third-order valence-electron chi connectivity index (χ3n) is 3.40. The molecule has 0 saturated heterocycles. The summed E-state index contributed by atoms with van der Waals surface area (Å²) in [6, 6.07) is 0. The fourth-order valence-electron chi connectivity index (χ4n) is 2.26. The molecule has 1 unspecified atom stereocenters. The molecule has 1 aromatic rings. The molecule has 0 aliphatic heterocycles. The van der Waals surface area contributed by atoms with Gasteiger partial charge in [0, 0.05) is 12.6 Å². The summed E-state index contributed by atoms with van der Waals surface area (Å²) in [6.07, 6.45) is -0.0507. The van der Waals surface area contributed by atoms with Crippen molar-refractivity contribution < 1.29 is 8.78 Å². The zero-order valence-corrected chi connectivity index (χ0v) is 11.5. The Morgan fingerprint density at radius 1 is 1.41 bits per heavy atom. The number of alkyl halides is 2. The van der Waals surface area contributed by atoms with Crippen LogP contribution >= 0.6 is 11.6 Å². The molecule has 0 spiro atoms. The second-order valence-electron chi connectivity index (χ2n) is 4.64. The van der Waals surface area contributed by atoms with Crippen molar-refractivity contribution in [2.45, 2.75) is 51.9 Å². The molecular weight excluding hydrogens is 246 g/mol. The first kappa shape index (κ1) is 14.4. The van der Waals surface area contributed by atoms with E-state index in [0.717, 1.165) is 19.3 Å². The van der Waals surface area contributed by atoms with Crippen LogP contribution in [0.5, 0.6) is 0 Å². The lowest BCUT2D eigenvalue weighted by Crippen LogP contribution is -2.22. The van der Waals surface area contributed by atoms with Crippen LogP contribution in [0.15, 0.2) is 0 Å². The number of hydrogen-bond donors (Lipinski definition) is 0. The molecule has 98 valence electrons. The number of hydrogen-bond acceptors (Lipinski definition) is 1. The zero-order chi connectivity index (χ0) is 13.2.